The highest BCUT2D eigenvalue weighted by Crippen LogP contribution is 2.48. The van der Waals surface area contributed by atoms with E-state index in [0.29, 0.717) is 17.9 Å². The summed E-state index contributed by atoms with van der Waals surface area (Å²) in [5, 5.41) is 12.9. The number of nitrogens with zero attached hydrogens (tertiary/aromatic N) is 3. The van der Waals surface area contributed by atoms with Gasteiger partial charge in [-0.05, 0) is 25.7 Å². The van der Waals surface area contributed by atoms with Crippen molar-refractivity contribution in [3.05, 3.63) is 11.7 Å². The summed E-state index contributed by atoms with van der Waals surface area (Å²) in [6.07, 6.45) is 4.87. The molecule has 1 aromatic heterocycles. The van der Waals surface area contributed by atoms with Crippen LogP contribution in [0.5, 0.6) is 0 Å². The fourth-order valence-electron chi connectivity index (χ4n) is 3.07. The van der Waals surface area contributed by atoms with Crippen LogP contribution < -0.4 is 0 Å². The second-order valence-electron chi connectivity index (χ2n) is 5.28. The fourth-order valence-corrected chi connectivity index (χ4v) is 3.07. The minimum absolute atomic E-state index is 0.0829. The van der Waals surface area contributed by atoms with Crippen LogP contribution in [0.2, 0.25) is 0 Å². The molecule has 2 aliphatic heterocycles. The van der Waals surface area contributed by atoms with E-state index in [0.717, 1.165) is 25.1 Å². The highest BCUT2D eigenvalue weighted by atomic mass is 16.5. The molecule has 88 valence electrons. The third kappa shape index (κ3) is 1.40. The van der Waals surface area contributed by atoms with E-state index in [9.17, 15) is 0 Å². The van der Waals surface area contributed by atoms with Crippen LogP contribution in [-0.4, -0.2) is 22.3 Å². The Labute approximate surface area is 98.8 Å². The topological polar surface area (TPSA) is 71.9 Å². The van der Waals surface area contributed by atoms with Crippen molar-refractivity contribution in [2.24, 2.45) is 5.92 Å². The van der Waals surface area contributed by atoms with Crippen molar-refractivity contribution < 1.29 is 9.26 Å². The first-order valence-electron chi connectivity index (χ1n) is 6.23. The molecule has 17 heavy (non-hydrogen) atoms. The van der Waals surface area contributed by atoms with E-state index in [1.807, 2.05) is 0 Å². The van der Waals surface area contributed by atoms with Crippen LogP contribution in [0, 0.1) is 17.2 Å². The summed E-state index contributed by atoms with van der Waals surface area (Å²) < 4.78 is 11.1. The third-order valence-electron chi connectivity index (χ3n) is 4.17. The van der Waals surface area contributed by atoms with Crippen molar-refractivity contribution in [2.45, 2.75) is 49.7 Å². The van der Waals surface area contributed by atoms with Crippen LogP contribution in [0.1, 0.15) is 49.2 Å². The number of hydrogen-bond donors (Lipinski definition) is 0. The summed E-state index contributed by atoms with van der Waals surface area (Å²) in [6, 6.07) is 2.24. The predicted octanol–water partition coefficient (Wildman–Crippen LogP) is 1.73. The number of aromatic nitrogens is 2. The number of rotatable bonds is 2. The molecule has 3 fully saturated rings. The van der Waals surface area contributed by atoms with E-state index < -0.39 is 0 Å². The molecule has 2 saturated heterocycles. The maximum absolute atomic E-state index is 8.78. The van der Waals surface area contributed by atoms with Gasteiger partial charge in [0.1, 0.15) is 0 Å². The lowest BCUT2D eigenvalue weighted by molar-refractivity contribution is 0.0996. The molecule has 1 aromatic rings. The van der Waals surface area contributed by atoms with Gasteiger partial charge >= 0.3 is 0 Å². The van der Waals surface area contributed by atoms with Crippen molar-refractivity contribution in [1.82, 2.24) is 10.1 Å². The SMILES string of the molecule is N#CC1CC1c1nc(C2CC3CCC2O3)no1. The monoisotopic (exact) mass is 231 g/mol. The van der Waals surface area contributed by atoms with Crippen molar-refractivity contribution in [1.29, 1.82) is 5.26 Å². The largest absolute Gasteiger partial charge is 0.374 e. The highest BCUT2D eigenvalue weighted by molar-refractivity contribution is 5.17. The first-order chi connectivity index (χ1) is 8.35. The van der Waals surface area contributed by atoms with E-state index in [-0.39, 0.29) is 17.9 Å². The van der Waals surface area contributed by atoms with Gasteiger partial charge in [0.15, 0.2) is 5.82 Å². The Morgan fingerprint density at radius 3 is 2.82 bits per heavy atom. The van der Waals surface area contributed by atoms with Gasteiger partial charge in [-0.2, -0.15) is 10.2 Å². The van der Waals surface area contributed by atoms with Crippen LogP contribution in [-0.2, 0) is 4.74 Å². The predicted molar refractivity (Wildman–Crippen MR) is 56.0 cm³/mol. The van der Waals surface area contributed by atoms with E-state index in [1.165, 1.54) is 6.42 Å². The molecule has 0 N–H and O–H groups in total. The summed E-state index contributed by atoms with van der Waals surface area (Å²) in [5.41, 5.74) is 0. The Hall–Kier alpha value is -1.41. The maximum Gasteiger partial charge on any atom is 0.231 e. The molecule has 1 saturated carbocycles. The summed E-state index contributed by atoms with van der Waals surface area (Å²) in [4.78, 5) is 4.46. The fraction of sp³-hybridized carbons (Fsp3) is 0.750. The summed E-state index contributed by atoms with van der Waals surface area (Å²) in [6.45, 7) is 0. The van der Waals surface area contributed by atoms with E-state index in [4.69, 9.17) is 14.5 Å². The Bertz CT molecular complexity index is 492. The van der Waals surface area contributed by atoms with Gasteiger partial charge in [0.05, 0.1) is 36.0 Å². The molecule has 3 aliphatic rings. The number of ether oxygens (including phenoxy) is 1. The second kappa shape index (κ2) is 3.30. The minimum Gasteiger partial charge on any atom is -0.374 e. The lowest BCUT2D eigenvalue weighted by Gasteiger charge is -2.13. The van der Waals surface area contributed by atoms with Crippen LogP contribution >= 0.6 is 0 Å². The molecular formula is C12H13N3O2. The quantitative estimate of drug-likeness (QED) is 0.775. The highest BCUT2D eigenvalue weighted by Gasteiger charge is 2.46. The van der Waals surface area contributed by atoms with Crippen LogP contribution in [0.25, 0.3) is 0 Å². The van der Waals surface area contributed by atoms with Crippen LogP contribution in [0.4, 0.5) is 0 Å². The zero-order valence-electron chi connectivity index (χ0n) is 9.37. The molecule has 0 amide bonds. The maximum atomic E-state index is 8.78. The minimum atomic E-state index is 0.0829. The van der Waals surface area contributed by atoms with Gasteiger partial charge in [0, 0.05) is 0 Å². The molecule has 5 unspecified atom stereocenters. The van der Waals surface area contributed by atoms with Crippen LogP contribution in [0.15, 0.2) is 4.52 Å². The lowest BCUT2D eigenvalue weighted by Crippen LogP contribution is -2.15. The zero-order chi connectivity index (χ0) is 11.4. The standard InChI is InChI=1S/C12H13N3O2/c13-5-6-3-8(6)12-14-11(15-17-12)9-4-7-1-2-10(9)16-7/h6-10H,1-4H2. The Morgan fingerprint density at radius 1 is 1.24 bits per heavy atom. The van der Waals surface area contributed by atoms with Crippen molar-refractivity contribution in [3.8, 4) is 6.07 Å². The van der Waals surface area contributed by atoms with E-state index in [2.05, 4.69) is 16.2 Å². The first-order valence-corrected chi connectivity index (χ1v) is 6.23. The molecule has 5 atom stereocenters. The second-order valence-corrected chi connectivity index (χ2v) is 5.28. The number of nitriles is 1. The first kappa shape index (κ1) is 9.60. The number of fused-ring (bicyclic) bond motifs is 2. The smallest absolute Gasteiger partial charge is 0.231 e. The summed E-state index contributed by atoms with van der Waals surface area (Å²) in [7, 11) is 0. The van der Waals surface area contributed by atoms with Gasteiger partial charge in [-0.1, -0.05) is 5.16 Å². The Kier molecular flexibility index (Phi) is 1.86. The zero-order valence-corrected chi connectivity index (χ0v) is 9.37. The van der Waals surface area contributed by atoms with Gasteiger partial charge in [-0.3, -0.25) is 0 Å². The molecule has 0 radical (unpaired) electrons. The summed E-state index contributed by atoms with van der Waals surface area (Å²) in [5.74, 6) is 2.01. The lowest BCUT2D eigenvalue weighted by atomic mass is 9.89. The average Bonchev–Trinajstić information content (AvgIpc) is 2.78. The third-order valence-corrected chi connectivity index (χ3v) is 4.17. The Morgan fingerprint density at radius 2 is 2.18 bits per heavy atom. The normalized spacial score (nSPS) is 42.6. The van der Waals surface area contributed by atoms with E-state index in [1.54, 1.807) is 0 Å². The van der Waals surface area contributed by atoms with Gasteiger partial charge < -0.3 is 9.26 Å². The van der Waals surface area contributed by atoms with Gasteiger partial charge in [0.25, 0.3) is 0 Å². The molecular weight excluding hydrogens is 218 g/mol. The molecule has 0 spiro atoms. The van der Waals surface area contributed by atoms with Gasteiger partial charge in [-0.15, -0.1) is 0 Å². The molecule has 3 heterocycles. The molecule has 5 heteroatoms. The Balaban J connectivity index is 1.54. The molecule has 4 rings (SSSR count). The van der Waals surface area contributed by atoms with Crippen LogP contribution in [0.3, 0.4) is 0 Å². The average molecular weight is 231 g/mol. The van der Waals surface area contributed by atoms with Crippen molar-refractivity contribution in [2.75, 3.05) is 0 Å². The molecule has 0 aromatic carbocycles. The molecule has 5 nitrogen and oxygen atoms in total. The molecule has 2 bridgehead atoms. The number of hydrogen-bond acceptors (Lipinski definition) is 5. The van der Waals surface area contributed by atoms with Crippen molar-refractivity contribution in [3.63, 3.8) is 0 Å². The van der Waals surface area contributed by atoms with E-state index >= 15 is 0 Å². The van der Waals surface area contributed by atoms with Gasteiger partial charge in [-0.25, -0.2) is 0 Å². The van der Waals surface area contributed by atoms with Crippen molar-refractivity contribution >= 4 is 0 Å². The summed E-state index contributed by atoms with van der Waals surface area (Å²) >= 11 is 0. The van der Waals surface area contributed by atoms with Gasteiger partial charge in [0.2, 0.25) is 5.89 Å². The molecule has 1 aliphatic carbocycles.